The minimum Gasteiger partial charge on any atom is -0.489 e. The summed E-state index contributed by atoms with van der Waals surface area (Å²) < 4.78 is 8.10. The average Bonchev–Trinajstić information content (AvgIpc) is 3.55. The van der Waals surface area contributed by atoms with Crippen LogP contribution in [0.15, 0.2) is 79.0 Å². The van der Waals surface area contributed by atoms with Crippen LogP contribution < -0.4 is 4.74 Å². The number of aryl methyl sites for hydroxylation is 2. The summed E-state index contributed by atoms with van der Waals surface area (Å²) in [4.78, 5) is 0. The zero-order valence-corrected chi connectivity index (χ0v) is 22.8. The molecule has 5 nitrogen and oxygen atoms in total. The molecular formula is C34H37N3O2. The van der Waals surface area contributed by atoms with Crippen LogP contribution in [0.3, 0.4) is 0 Å². The Morgan fingerprint density at radius 3 is 2.67 bits per heavy atom. The summed E-state index contributed by atoms with van der Waals surface area (Å²) in [5.41, 5.74) is 7.22. The Hall–Kier alpha value is -3.44. The highest BCUT2D eigenvalue weighted by Gasteiger charge is 2.58. The second kappa shape index (κ2) is 9.63. The molecule has 1 aromatic heterocycles. The SMILES string of the molecule is Cc1ccc(-c2cn([C@@H]3C[C@H]4[C@@H]5CCc6cc(OCc7ccccc7)ccc6[C@H]5CC[C@@]4(C)[C@H]3O)nn2)cc1. The molecule has 6 atom stereocenters. The molecule has 200 valence electrons. The zero-order valence-electron chi connectivity index (χ0n) is 22.8. The van der Waals surface area contributed by atoms with Gasteiger partial charge in [0.1, 0.15) is 18.1 Å². The standard InChI is InChI=1S/C34H37N3O2/c1-22-8-10-24(11-9-22)31-20-37(36-35-31)32-19-30-29-14-12-25-18-26(39-21-23-6-4-3-5-7-23)13-15-27(25)28(29)16-17-34(30,2)33(32)38/h3-11,13,15,18,20,28-30,32-33,38H,12,14,16-17,19,21H2,1-2H3/t28-,29-,30+,32-,33+,34-/m1/s1. The van der Waals surface area contributed by atoms with Crippen LogP contribution in [-0.2, 0) is 13.0 Å². The highest BCUT2D eigenvalue weighted by molar-refractivity contribution is 5.58. The molecule has 39 heavy (non-hydrogen) atoms. The summed E-state index contributed by atoms with van der Waals surface area (Å²) in [5, 5.41) is 20.7. The van der Waals surface area contributed by atoms with Gasteiger partial charge in [0.25, 0.3) is 0 Å². The second-order valence-corrected chi connectivity index (χ2v) is 12.3. The minimum atomic E-state index is -0.411. The number of aliphatic hydroxyl groups is 1. The van der Waals surface area contributed by atoms with E-state index in [-0.39, 0.29) is 11.5 Å². The Bertz CT molecular complexity index is 1460. The first-order chi connectivity index (χ1) is 19.0. The number of rotatable bonds is 5. The predicted molar refractivity (Wildman–Crippen MR) is 152 cm³/mol. The summed E-state index contributed by atoms with van der Waals surface area (Å²) in [7, 11) is 0. The number of nitrogens with zero attached hydrogens (tertiary/aromatic N) is 3. The molecule has 0 aliphatic heterocycles. The van der Waals surface area contributed by atoms with Crippen molar-refractivity contribution in [2.24, 2.45) is 17.3 Å². The Kier molecular flexibility index (Phi) is 6.07. The summed E-state index contributed by atoms with van der Waals surface area (Å²) in [5.74, 6) is 2.58. The van der Waals surface area contributed by atoms with Crippen molar-refractivity contribution >= 4 is 0 Å². The number of aromatic nitrogens is 3. The third kappa shape index (κ3) is 4.28. The number of hydrogen-bond acceptors (Lipinski definition) is 4. The molecule has 0 saturated heterocycles. The summed E-state index contributed by atoms with van der Waals surface area (Å²) in [6.45, 7) is 5.01. The molecule has 3 aliphatic carbocycles. The van der Waals surface area contributed by atoms with Gasteiger partial charge < -0.3 is 9.84 Å². The Morgan fingerprint density at radius 1 is 1.03 bits per heavy atom. The number of ether oxygens (including phenoxy) is 1. The van der Waals surface area contributed by atoms with Crippen LogP contribution in [0, 0.1) is 24.2 Å². The Morgan fingerprint density at radius 2 is 1.85 bits per heavy atom. The van der Waals surface area contributed by atoms with E-state index in [9.17, 15) is 5.11 Å². The monoisotopic (exact) mass is 519 g/mol. The molecule has 2 saturated carbocycles. The molecule has 0 radical (unpaired) electrons. The average molecular weight is 520 g/mol. The zero-order chi connectivity index (χ0) is 26.6. The molecule has 3 aromatic carbocycles. The first-order valence-electron chi connectivity index (χ1n) is 14.5. The molecule has 2 fully saturated rings. The van der Waals surface area contributed by atoms with Crippen molar-refractivity contribution in [3.8, 4) is 17.0 Å². The summed E-state index contributed by atoms with van der Waals surface area (Å²) in [6, 6.07) is 25.5. The van der Waals surface area contributed by atoms with E-state index in [4.69, 9.17) is 4.74 Å². The second-order valence-electron chi connectivity index (χ2n) is 12.3. The van der Waals surface area contributed by atoms with E-state index < -0.39 is 6.10 Å². The number of hydrogen-bond donors (Lipinski definition) is 1. The van der Waals surface area contributed by atoms with Crippen molar-refractivity contribution in [2.45, 2.75) is 70.6 Å². The van der Waals surface area contributed by atoms with Gasteiger partial charge in [-0.05, 0) is 91.0 Å². The quantitative estimate of drug-likeness (QED) is 0.312. The van der Waals surface area contributed by atoms with E-state index in [1.807, 2.05) is 16.9 Å². The van der Waals surface area contributed by atoms with Crippen LogP contribution in [0.1, 0.15) is 66.8 Å². The van der Waals surface area contributed by atoms with E-state index >= 15 is 0 Å². The maximum atomic E-state index is 11.7. The van der Waals surface area contributed by atoms with E-state index in [1.54, 1.807) is 0 Å². The molecule has 0 spiro atoms. The molecule has 3 aliphatic rings. The molecule has 0 amide bonds. The van der Waals surface area contributed by atoms with Crippen LogP contribution in [0.25, 0.3) is 11.3 Å². The van der Waals surface area contributed by atoms with Crippen molar-refractivity contribution in [3.05, 3.63) is 101 Å². The smallest absolute Gasteiger partial charge is 0.120 e. The number of benzene rings is 3. The minimum absolute atomic E-state index is 0.0272. The fraction of sp³-hybridized carbons (Fsp3) is 0.412. The molecular weight excluding hydrogens is 482 g/mol. The molecule has 5 heteroatoms. The predicted octanol–water partition coefficient (Wildman–Crippen LogP) is 6.90. The van der Waals surface area contributed by atoms with Crippen molar-refractivity contribution in [3.63, 3.8) is 0 Å². The van der Waals surface area contributed by atoms with Crippen molar-refractivity contribution < 1.29 is 9.84 Å². The Labute approximate surface area is 230 Å². The number of fused-ring (bicyclic) bond motifs is 5. The Balaban J connectivity index is 1.10. The lowest BCUT2D eigenvalue weighted by Crippen LogP contribution is -2.44. The van der Waals surface area contributed by atoms with Gasteiger partial charge in [-0.2, -0.15) is 0 Å². The lowest BCUT2D eigenvalue weighted by molar-refractivity contribution is -0.0321. The van der Waals surface area contributed by atoms with Gasteiger partial charge in [0, 0.05) is 5.56 Å². The summed E-state index contributed by atoms with van der Waals surface area (Å²) >= 11 is 0. The molecule has 1 heterocycles. The molecule has 7 rings (SSSR count). The van der Waals surface area contributed by atoms with Crippen LogP contribution in [0.2, 0.25) is 0 Å². The lowest BCUT2D eigenvalue weighted by atomic mass is 9.55. The van der Waals surface area contributed by atoms with Crippen LogP contribution >= 0.6 is 0 Å². The van der Waals surface area contributed by atoms with Crippen LogP contribution in [-0.4, -0.2) is 26.2 Å². The van der Waals surface area contributed by atoms with E-state index in [2.05, 4.69) is 90.9 Å². The first kappa shape index (κ1) is 24.6. The van der Waals surface area contributed by atoms with E-state index in [0.29, 0.717) is 24.4 Å². The first-order valence-corrected chi connectivity index (χ1v) is 14.5. The van der Waals surface area contributed by atoms with Crippen molar-refractivity contribution in [2.75, 3.05) is 0 Å². The van der Waals surface area contributed by atoms with Crippen molar-refractivity contribution in [1.29, 1.82) is 0 Å². The highest BCUT2D eigenvalue weighted by Crippen LogP contribution is 2.63. The van der Waals surface area contributed by atoms with Gasteiger partial charge in [0.2, 0.25) is 0 Å². The molecule has 0 bridgehead atoms. The maximum absolute atomic E-state index is 11.7. The van der Waals surface area contributed by atoms with Gasteiger partial charge in [0.15, 0.2) is 0 Å². The van der Waals surface area contributed by atoms with Gasteiger partial charge in [-0.15, -0.1) is 5.10 Å². The maximum Gasteiger partial charge on any atom is 0.120 e. The van der Waals surface area contributed by atoms with Crippen LogP contribution in [0.4, 0.5) is 0 Å². The molecule has 4 aromatic rings. The largest absolute Gasteiger partial charge is 0.489 e. The molecule has 0 unspecified atom stereocenters. The molecule has 1 N–H and O–H groups in total. The highest BCUT2D eigenvalue weighted by atomic mass is 16.5. The van der Waals surface area contributed by atoms with Gasteiger partial charge in [-0.3, -0.25) is 0 Å². The van der Waals surface area contributed by atoms with Gasteiger partial charge >= 0.3 is 0 Å². The topological polar surface area (TPSA) is 60.2 Å². The van der Waals surface area contributed by atoms with Gasteiger partial charge in [0.05, 0.1) is 18.3 Å². The summed E-state index contributed by atoms with van der Waals surface area (Å²) in [6.07, 6.45) is 7.00. The fourth-order valence-electron chi connectivity index (χ4n) is 7.93. The fourth-order valence-corrected chi connectivity index (χ4v) is 7.93. The van der Waals surface area contributed by atoms with Gasteiger partial charge in [-0.25, -0.2) is 4.68 Å². The third-order valence-corrected chi connectivity index (χ3v) is 10.1. The van der Waals surface area contributed by atoms with Gasteiger partial charge in [-0.1, -0.05) is 78.4 Å². The van der Waals surface area contributed by atoms with E-state index in [0.717, 1.165) is 42.7 Å². The van der Waals surface area contributed by atoms with Crippen molar-refractivity contribution in [1.82, 2.24) is 15.0 Å². The number of aliphatic hydroxyl groups excluding tert-OH is 1. The normalized spacial score (nSPS) is 29.4. The third-order valence-electron chi connectivity index (χ3n) is 10.1. The lowest BCUT2D eigenvalue weighted by Gasteiger charge is -2.50. The van der Waals surface area contributed by atoms with Crippen LogP contribution in [0.5, 0.6) is 5.75 Å². The van der Waals surface area contributed by atoms with E-state index in [1.165, 1.54) is 28.7 Å².